The van der Waals surface area contributed by atoms with Crippen molar-refractivity contribution < 1.29 is 32.3 Å². The van der Waals surface area contributed by atoms with Crippen LogP contribution in [0.15, 0.2) is 145 Å². The van der Waals surface area contributed by atoms with Crippen molar-refractivity contribution in [3.8, 4) is 22.9 Å². The van der Waals surface area contributed by atoms with Gasteiger partial charge in [-0.1, -0.05) is 71.7 Å². The van der Waals surface area contributed by atoms with Crippen molar-refractivity contribution in [3.63, 3.8) is 0 Å². The number of amides is 2. The van der Waals surface area contributed by atoms with E-state index in [4.69, 9.17) is 32.7 Å². The molecule has 0 fully saturated rings. The van der Waals surface area contributed by atoms with Gasteiger partial charge in [-0.25, -0.2) is 22.6 Å². The second-order valence-corrected chi connectivity index (χ2v) is 15.6. The van der Waals surface area contributed by atoms with Crippen LogP contribution >= 0.6 is 23.2 Å². The number of halogens is 2. The van der Waals surface area contributed by atoms with Crippen LogP contribution in [0.25, 0.3) is 16.5 Å². The Bertz CT molecular complexity index is 2830. The van der Waals surface area contributed by atoms with Crippen molar-refractivity contribution in [2.75, 3.05) is 6.54 Å². The number of esters is 1. The second kappa shape index (κ2) is 15.6. The van der Waals surface area contributed by atoms with Crippen molar-refractivity contribution in [1.29, 1.82) is 0 Å². The van der Waals surface area contributed by atoms with E-state index in [0.717, 1.165) is 16.5 Å². The number of ether oxygens (including phenoxy) is 2. The Morgan fingerprint density at radius 2 is 1.54 bits per heavy atom. The van der Waals surface area contributed by atoms with Crippen LogP contribution in [0.2, 0.25) is 10.0 Å². The first kappa shape index (κ1) is 37.5. The van der Waals surface area contributed by atoms with E-state index in [2.05, 4.69) is 9.82 Å². The fourth-order valence-corrected chi connectivity index (χ4v) is 7.87. The summed E-state index contributed by atoms with van der Waals surface area (Å²) in [6.07, 6.45) is 2.18. The first-order valence-corrected chi connectivity index (χ1v) is 19.8. The highest BCUT2D eigenvalue weighted by atomic mass is 35.5. The maximum atomic E-state index is 14.2. The second-order valence-electron chi connectivity index (χ2n) is 13.1. The molecule has 0 radical (unpaired) electrons. The minimum Gasteiger partial charge on any atom is -0.457 e. The van der Waals surface area contributed by atoms with Gasteiger partial charge in [0.2, 0.25) is 0 Å². The van der Waals surface area contributed by atoms with E-state index >= 15 is 0 Å². The van der Waals surface area contributed by atoms with Crippen LogP contribution in [0.1, 0.15) is 42.3 Å². The number of nitrogens with one attached hydrogen (secondary N) is 1. The van der Waals surface area contributed by atoms with Gasteiger partial charge in [-0.2, -0.15) is 5.10 Å². The fourth-order valence-electron chi connectivity index (χ4n) is 6.45. The van der Waals surface area contributed by atoms with Gasteiger partial charge in [0.15, 0.2) is 5.69 Å². The maximum absolute atomic E-state index is 14.2. The minimum absolute atomic E-state index is 0.0528. The highest BCUT2D eigenvalue weighted by molar-refractivity contribution is 7.90. The molecule has 0 atom stereocenters. The van der Waals surface area contributed by atoms with Crippen LogP contribution in [-0.4, -0.2) is 47.4 Å². The molecule has 0 spiro atoms. The molecule has 0 saturated heterocycles. The molecular formula is C43H30Cl2N4O7S. The molecule has 1 aliphatic heterocycles. The largest absolute Gasteiger partial charge is 0.457 e. The number of rotatable bonds is 9. The van der Waals surface area contributed by atoms with E-state index in [1.807, 2.05) is 24.3 Å². The Morgan fingerprint density at radius 3 is 2.35 bits per heavy atom. The quantitative estimate of drug-likeness (QED) is 0.113. The molecule has 8 rings (SSSR count). The zero-order valence-electron chi connectivity index (χ0n) is 29.8. The predicted molar refractivity (Wildman–Crippen MR) is 215 cm³/mol. The normalized spacial score (nSPS) is 12.5. The van der Waals surface area contributed by atoms with Crippen LogP contribution in [0.5, 0.6) is 17.2 Å². The Morgan fingerprint density at radius 1 is 0.754 bits per heavy atom. The van der Waals surface area contributed by atoms with Crippen molar-refractivity contribution >= 4 is 61.8 Å². The first-order valence-electron chi connectivity index (χ1n) is 17.6. The summed E-state index contributed by atoms with van der Waals surface area (Å²) in [6.45, 7) is 0.650. The van der Waals surface area contributed by atoms with Crippen LogP contribution in [-0.2, 0) is 23.0 Å². The summed E-state index contributed by atoms with van der Waals surface area (Å²) in [6, 6.07) is 36.5. The number of hydrogen-bond donors (Lipinski definition) is 1. The molecule has 57 heavy (non-hydrogen) atoms. The number of sulfonamides is 1. The molecule has 0 aliphatic carbocycles. The van der Waals surface area contributed by atoms with Crippen molar-refractivity contribution in [1.82, 2.24) is 19.4 Å². The summed E-state index contributed by atoms with van der Waals surface area (Å²) in [7, 11) is -4.37. The SMILES string of the molecule is O=C(NS(=O)(=O)c1ccc2cccc(Cl)c2c1)c1ccc(OC(=O)c2ccn(-c3ccc(Oc4cccc(Cl)c4)cc3)n2)c(C(=O)N2CCc3ccccc3C2)c1. The monoisotopic (exact) mass is 816 g/mol. The molecule has 0 saturated carbocycles. The maximum Gasteiger partial charge on any atom is 0.364 e. The van der Waals surface area contributed by atoms with Crippen LogP contribution in [0.3, 0.4) is 0 Å². The third kappa shape index (κ3) is 8.10. The molecule has 1 N–H and O–H groups in total. The van der Waals surface area contributed by atoms with Gasteiger partial charge >= 0.3 is 5.97 Å². The molecule has 0 unspecified atom stereocenters. The van der Waals surface area contributed by atoms with Crippen molar-refractivity contribution in [2.24, 2.45) is 0 Å². The average molecular weight is 818 g/mol. The smallest absolute Gasteiger partial charge is 0.364 e. The lowest BCUT2D eigenvalue weighted by Gasteiger charge is -2.29. The van der Waals surface area contributed by atoms with Gasteiger partial charge in [0.05, 0.1) is 16.1 Å². The van der Waals surface area contributed by atoms with Crippen molar-refractivity contribution in [3.05, 3.63) is 178 Å². The first-order chi connectivity index (χ1) is 27.5. The molecule has 2 heterocycles. The topological polar surface area (TPSA) is 137 Å². The lowest BCUT2D eigenvalue weighted by atomic mass is 9.99. The predicted octanol–water partition coefficient (Wildman–Crippen LogP) is 8.66. The van der Waals surface area contributed by atoms with E-state index < -0.39 is 27.8 Å². The number of benzene rings is 6. The number of hydrogen-bond acceptors (Lipinski definition) is 8. The Hall–Kier alpha value is -6.47. The van der Waals surface area contributed by atoms with E-state index in [1.165, 1.54) is 41.1 Å². The molecule has 11 nitrogen and oxygen atoms in total. The van der Waals surface area contributed by atoms with E-state index in [9.17, 15) is 22.8 Å². The summed E-state index contributed by atoms with van der Waals surface area (Å²) in [5, 5.41) is 6.50. The molecule has 0 bridgehead atoms. The lowest BCUT2D eigenvalue weighted by Crippen LogP contribution is -2.36. The molecule has 7 aromatic rings. The summed E-state index contributed by atoms with van der Waals surface area (Å²) in [4.78, 5) is 42.6. The van der Waals surface area contributed by atoms with Gasteiger partial charge in [-0.15, -0.1) is 0 Å². The summed E-state index contributed by atoms with van der Waals surface area (Å²) >= 11 is 12.4. The van der Waals surface area contributed by atoms with Gasteiger partial charge in [0.1, 0.15) is 17.2 Å². The summed E-state index contributed by atoms with van der Waals surface area (Å²) in [5.41, 5.74) is 2.39. The van der Waals surface area contributed by atoms with Crippen LogP contribution in [0, 0.1) is 0 Å². The highest BCUT2D eigenvalue weighted by Gasteiger charge is 2.28. The Kier molecular flexibility index (Phi) is 10.2. The highest BCUT2D eigenvalue weighted by Crippen LogP contribution is 2.29. The molecule has 1 aliphatic rings. The minimum atomic E-state index is -4.37. The van der Waals surface area contributed by atoms with Crippen molar-refractivity contribution in [2.45, 2.75) is 17.9 Å². The molecular weight excluding hydrogens is 787 g/mol. The molecule has 1 aromatic heterocycles. The zero-order valence-corrected chi connectivity index (χ0v) is 32.1. The van der Waals surface area contributed by atoms with Crippen LogP contribution < -0.4 is 14.2 Å². The Labute approximate surface area is 337 Å². The third-order valence-corrected chi connectivity index (χ3v) is 11.3. The zero-order chi connectivity index (χ0) is 39.7. The van der Waals surface area contributed by atoms with Gasteiger partial charge < -0.3 is 14.4 Å². The molecule has 6 aromatic carbocycles. The summed E-state index contributed by atoms with van der Waals surface area (Å²) in [5.74, 6) is -1.36. The summed E-state index contributed by atoms with van der Waals surface area (Å²) < 4.78 is 42.0. The third-order valence-electron chi connectivity index (χ3n) is 9.36. The lowest BCUT2D eigenvalue weighted by molar-refractivity contribution is 0.0702. The molecule has 2 amide bonds. The van der Waals surface area contributed by atoms with E-state index in [-0.39, 0.29) is 34.0 Å². The number of aromatic nitrogens is 2. The fraction of sp³-hybridized carbons (Fsp3) is 0.0698. The average Bonchev–Trinajstić information content (AvgIpc) is 3.72. The number of nitrogens with zero attached hydrogens (tertiary/aromatic N) is 3. The van der Waals surface area contributed by atoms with E-state index in [1.54, 1.807) is 83.9 Å². The number of fused-ring (bicyclic) bond motifs is 2. The van der Waals surface area contributed by atoms with Gasteiger partial charge in [0, 0.05) is 40.3 Å². The molecule has 14 heteroatoms. The van der Waals surface area contributed by atoms with E-state index in [0.29, 0.717) is 45.6 Å². The molecule has 284 valence electrons. The van der Waals surface area contributed by atoms with Gasteiger partial charge in [-0.05, 0) is 108 Å². The van der Waals surface area contributed by atoms with Gasteiger partial charge in [0.25, 0.3) is 21.8 Å². The number of carbonyl (C=O) groups is 3. The Balaban J connectivity index is 1.04. The standard InChI is InChI=1S/C43H30Cl2N4O7S/c44-31-8-4-9-34(24-31)55-33-15-13-32(14-16-33)49-22-20-39(46-49)43(52)56-40-18-12-29(23-37(40)42(51)48-21-19-27-5-1-2-6-30(27)26-48)41(50)47-57(53,54)35-17-11-28-7-3-10-38(45)36(28)25-35/h1-18,20,22-25H,19,21,26H2,(H,47,50). The van der Waals surface area contributed by atoms with Crippen LogP contribution in [0.4, 0.5) is 0 Å². The number of carbonyl (C=O) groups excluding carboxylic acids is 3. The van der Waals surface area contributed by atoms with Gasteiger partial charge in [-0.3, -0.25) is 9.59 Å².